The lowest BCUT2D eigenvalue weighted by Crippen LogP contribution is -2.47. The fraction of sp³-hybridized carbons (Fsp3) is 0.632. The summed E-state index contributed by atoms with van der Waals surface area (Å²) in [4.78, 5) is 14.3. The van der Waals surface area contributed by atoms with E-state index in [1.54, 1.807) is 0 Å². The molecule has 1 aliphatic heterocycles. The van der Waals surface area contributed by atoms with Crippen LogP contribution in [0.1, 0.15) is 32.6 Å². The zero-order valence-electron chi connectivity index (χ0n) is 14.7. The first-order valence-electron chi connectivity index (χ1n) is 8.98. The van der Waals surface area contributed by atoms with Crippen molar-refractivity contribution in [2.45, 2.75) is 44.8 Å². The van der Waals surface area contributed by atoms with Crippen molar-refractivity contribution in [3.8, 4) is 11.5 Å². The van der Waals surface area contributed by atoms with Gasteiger partial charge >= 0.3 is 0 Å². The van der Waals surface area contributed by atoms with Crippen molar-refractivity contribution in [1.29, 1.82) is 0 Å². The number of hydrogen-bond acceptors (Lipinski definition) is 4. The van der Waals surface area contributed by atoms with Gasteiger partial charge in [0, 0.05) is 12.6 Å². The van der Waals surface area contributed by atoms with Crippen LogP contribution in [-0.2, 0) is 4.79 Å². The van der Waals surface area contributed by atoms with E-state index in [1.807, 2.05) is 36.2 Å². The molecule has 132 valence electrons. The van der Waals surface area contributed by atoms with Crippen LogP contribution in [0.5, 0.6) is 11.5 Å². The van der Waals surface area contributed by atoms with Gasteiger partial charge in [-0.2, -0.15) is 0 Å². The predicted molar refractivity (Wildman–Crippen MR) is 93.4 cm³/mol. The fourth-order valence-electron chi connectivity index (χ4n) is 3.59. The molecule has 0 radical (unpaired) electrons. The Morgan fingerprint density at radius 1 is 1.25 bits per heavy atom. The Bertz CT molecular complexity index is 563. The Morgan fingerprint density at radius 3 is 2.79 bits per heavy atom. The van der Waals surface area contributed by atoms with Crippen LogP contribution in [0, 0.1) is 5.92 Å². The summed E-state index contributed by atoms with van der Waals surface area (Å²) in [6.07, 6.45) is 4.78. The molecule has 0 spiro atoms. The monoisotopic (exact) mass is 332 g/mol. The molecule has 5 heteroatoms. The molecule has 3 atom stereocenters. The summed E-state index contributed by atoms with van der Waals surface area (Å²) in [6, 6.07) is 8.03. The number of likely N-dealkylation sites (N-methyl/N-ethyl adjacent to an activating group) is 1. The van der Waals surface area contributed by atoms with Crippen LogP contribution in [0.3, 0.4) is 0 Å². The van der Waals surface area contributed by atoms with Crippen LogP contribution in [0.15, 0.2) is 24.3 Å². The number of nitrogens with one attached hydrogen (secondary N) is 1. The summed E-state index contributed by atoms with van der Waals surface area (Å²) in [6.45, 7) is 3.81. The molecule has 2 aliphatic rings. The van der Waals surface area contributed by atoms with Gasteiger partial charge in [-0.05, 0) is 37.9 Å². The summed E-state index contributed by atoms with van der Waals surface area (Å²) >= 11 is 0. The van der Waals surface area contributed by atoms with Crippen LogP contribution >= 0.6 is 0 Å². The van der Waals surface area contributed by atoms with Gasteiger partial charge in [0.15, 0.2) is 11.5 Å². The lowest BCUT2D eigenvalue weighted by atomic mass is 9.86. The second-order valence-electron chi connectivity index (χ2n) is 7.13. The normalized spacial score (nSPS) is 26.2. The van der Waals surface area contributed by atoms with Gasteiger partial charge in [-0.25, -0.2) is 0 Å². The van der Waals surface area contributed by atoms with E-state index in [2.05, 4.69) is 12.2 Å². The van der Waals surface area contributed by atoms with Gasteiger partial charge in [-0.1, -0.05) is 31.9 Å². The molecular formula is C19H28N2O3. The first-order valence-corrected chi connectivity index (χ1v) is 8.98. The van der Waals surface area contributed by atoms with Crippen LogP contribution in [0.4, 0.5) is 0 Å². The van der Waals surface area contributed by atoms with Gasteiger partial charge in [-0.3, -0.25) is 9.69 Å². The number of nitrogens with zero attached hydrogens (tertiary/aromatic N) is 1. The fourth-order valence-corrected chi connectivity index (χ4v) is 3.59. The van der Waals surface area contributed by atoms with E-state index in [0.717, 1.165) is 17.9 Å². The lowest BCUT2D eigenvalue weighted by molar-refractivity contribution is -0.123. The summed E-state index contributed by atoms with van der Waals surface area (Å²) < 4.78 is 11.7. The molecule has 5 nitrogen and oxygen atoms in total. The molecule has 3 rings (SSSR count). The maximum atomic E-state index is 12.3. The molecule has 1 N–H and O–H groups in total. The van der Waals surface area contributed by atoms with E-state index < -0.39 is 0 Å². The van der Waals surface area contributed by atoms with Crippen LogP contribution in [0.25, 0.3) is 0 Å². The zero-order valence-corrected chi connectivity index (χ0v) is 14.7. The van der Waals surface area contributed by atoms with Crippen molar-refractivity contribution < 1.29 is 14.3 Å². The smallest absolute Gasteiger partial charge is 0.234 e. The number of amides is 1. The quantitative estimate of drug-likeness (QED) is 0.900. The topological polar surface area (TPSA) is 50.8 Å². The van der Waals surface area contributed by atoms with Gasteiger partial charge in [0.05, 0.1) is 6.54 Å². The second-order valence-corrected chi connectivity index (χ2v) is 7.13. The summed E-state index contributed by atoms with van der Waals surface area (Å²) in [7, 11) is 1.95. The third-order valence-electron chi connectivity index (χ3n) is 4.95. The van der Waals surface area contributed by atoms with E-state index >= 15 is 0 Å². The lowest BCUT2D eigenvalue weighted by Gasteiger charge is -2.31. The van der Waals surface area contributed by atoms with Crippen molar-refractivity contribution >= 4 is 5.91 Å². The molecule has 3 unspecified atom stereocenters. The maximum Gasteiger partial charge on any atom is 0.234 e. The van der Waals surface area contributed by atoms with Crippen molar-refractivity contribution in [1.82, 2.24) is 10.2 Å². The highest BCUT2D eigenvalue weighted by molar-refractivity contribution is 5.78. The number of carbonyl (C=O) groups excluding carboxylic acids is 1. The average molecular weight is 332 g/mol. The highest BCUT2D eigenvalue weighted by atomic mass is 16.6. The number of rotatable bonds is 5. The number of hydrogen-bond donors (Lipinski definition) is 1. The summed E-state index contributed by atoms with van der Waals surface area (Å²) in [5.74, 6) is 2.26. The van der Waals surface area contributed by atoms with E-state index in [-0.39, 0.29) is 12.0 Å². The third-order valence-corrected chi connectivity index (χ3v) is 4.95. The van der Waals surface area contributed by atoms with Crippen molar-refractivity contribution in [3.63, 3.8) is 0 Å². The van der Waals surface area contributed by atoms with E-state index in [9.17, 15) is 4.79 Å². The van der Waals surface area contributed by atoms with Crippen LogP contribution in [0.2, 0.25) is 0 Å². The molecule has 24 heavy (non-hydrogen) atoms. The van der Waals surface area contributed by atoms with E-state index in [1.165, 1.54) is 19.3 Å². The van der Waals surface area contributed by atoms with Crippen LogP contribution in [-0.4, -0.2) is 49.7 Å². The standard InChI is InChI=1S/C19H28N2O3/c1-14-7-3-4-8-16(14)20-19(22)12-21(2)11-15-13-23-17-9-5-6-10-18(17)24-15/h5-6,9-10,14-16H,3-4,7-8,11-13H2,1-2H3,(H,20,22). The Labute approximate surface area is 144 Å². The van der Waals surface area contributed by atoms with E-state index in [0.29, 0.717) is 31.7 Å². The molecule has 0 bridgehead atoms. The number of carbonyl (C=O) groups is 1. The zero-order chi connectivity index (χ0) is 16.9. The number of ether oxygens (including phenoxy) is 2. The van der Waals surface area contributed by atoms with Gasteiger partial charge in [0.1, 0.15) is 12.7 Å². The first-order chi connectivity index (χ1) is 11.6. The predicted octanol–water partition coefficient (Wildman–Crippen LogP) is 2.45. The molecule has 1 heterocycles. The van der Waals surface area contributed by atoms with Crippen molar-refractivity contribution in [2.24, 2.45) is 5.92 Å². The molecule has 1 saturated carbocycles. The minimum atomic E-state index is -0.0497. The minimum absolute atomic E-state index is 0.0497. The Kier molecular flexibility index (Phi) is 5.61. The highest BCUT2D eigenvalue weighted by Crippen LogP contribution is 2.31. The largest absolute Gasteiger partial charge is 0.486 e. The Morgan fingerprint density at radius 2 is 2.00 bits per heavy atom. The van der Waals surface area contributed by atoms with Gasteiger partial charge in [-0.15, -0.1) is 0 Å². The SMILES string of the molecule is CC1CCCCC1NC(=O)CN(C)CC1COc2ccccc2O1. The molecule has 0 aromatic heterocycles. The summed E-state index contributed by atoms with van der Waals surface area (Å²) in [5.41, 5.74) is 0. The average Bonchev–Trinajstić information content (AvgIpc) is 2.56. The molecule has 1 aliphatic carbocycles. The van der Waals surface area contributed by atoms with Crippen molar-refractivity contribution in [2.75, 3.05) is 26.7 Å². The maximum absolute atomic E-state index is 12.3. The van der Waals surface area contributed by atoms with Gasteiger partial charge in [0.25, 0.3) is 0 Å². The third kappa shape index (κ3) is 4.41. The van der Waals surface area contributed by atoms with Gasteiger partial charge < -0.3 is 14.8 Å². The second kappa shape index (κ2) is 7.88. The van der Waals surface area contributed by atoms with E-state index in [4.69, 9.17) is 9.47 Å². The van der Waals surface area contributed by atoms with Crippen molar-refractivity contribution in [3.05, 3.63) is 24.3 Å². The highest BCUT2D eigenvalue weighted by Gasteiger charge is 2.25. The first kappa shape index (κ1) is 17.1. The van der Waals surface area contributed by atoms with Gasteiger partial charge in [0.2, 0.25) is 5.91 Å². The Balaban J connectivity index is 1.44. The number of fused-ring (bicyclic) bond motifs is 1. The molecule has 1 amide bonds. The number of benzene rings is 1. The van der Waals surface area contributed by atoms with Crippen LogP contribution < -0.4 is 14.8 Å². The molecule has 0 saturated heterocycles. The molecule has 1 aromatic carbocycles. The molecule has 1 fully saturated rings. The molecule has 1 aromatic rings. The minimum Gasteiger partial charge on any atom is -0.486 e. The summed E-state index contributed by atoms with van der Waals surface area (Å²) in [5, 5.41) is 3.20. The number of para-hydroxylation sites is 2. The Hall–Kier alpha value is -1.75. The molecular weight excluding hydrogens is 304 g/mol.